The Bertz CT molecular complexity index is 913. The van der Waals surface area contributed by atoms with Gasteiger partial charge in [0.15, 0.2) is 11.5 Å². The van der Waals surface area contributed by atoms with Gasteiger partial charge in [0.1, 0.15) is 18.3 Å². The summed E-state index contributed by atoms with van der Waals surface area (Å²) in [5.74, 6) is 0.990. The maximum Gasteiger partial charge on any atom is 0.228 e. The maximum absolute atomic E-state index is 12.5. The average molecular weight is 373 g/mol. The number of hydrogen-bond acceptors (Lipinski definition) is 5. The number of ether oxygens (including phenoxy) is 2. The van der Waals surface area contributed by atoms with Crippen molar-refractivity contribution in [1.29, 1.82) is 0 Å². The minimum absolute atomic E-state index is 0.170. The van der Waals surface area contributed by atoms with E-state index in [2.05, 4.69) is 15.4 Å². The maximum atomic E-state index is 12.5. The molecule has 8 heteroatoms. The van der Waals surface area contributed by atoms with Crippen LogP contribution >= 0.6 is 11.6 Å². The predicted octanol–water partition coefficient (Wildman–Crippen LogP) is 3.12. The second kappa shape index (κ2) is 7.88. The van der Waals surface area contributed by atoms with Crippen LogP contribution in [0.5, 0.6) is 11.5 Å². The lowest BCUT2D eigenvalue weighted by Crippen LogP contribution is -2.16. The molecule has 1 heterocycles. The van der Waals surface area contributed by atoms with E-state index in [1.807, 2.05) is 6.07 Å². The molecule has 26 heavy (non-hydrogen) atoms. The van der Waals surface area contributed by atoms with Gasteiger partial charge in [0.25, 0.3) is 0 Å². The number of nitrogens with one attached hydrogen (secondary N) is 1. The fourth-order valence-electron chi connectivity index (χ4n) is 2.54. The Labute approximate surface area is 155 Å². The van der Waals surface area contributed by atoms with E-state index < -0.39 is 0 Å². The van der Waals surface area contributed by atoms with Gasteiger partial charge in [0.05, 0.1) is 31.4 Å². The lowest BCUT2D eigenvalue weighted by molar-refractivity contribution is -0.115. The lowest BCUT2D eigenvalue weighted by Gasteiger charge is -2.13. The Morgan fingerprint density at radius 1 is 1.19 bits per heavy atom. The number of anilines is 1. The number of nitrogens with zero attached hydrogens (tertiary/aromatic N) is 3. The van der Waals surface area contributed by atoms with E-state index in [-0.39, 0.29) is 12.3 Å². The average Bonchev–Trinajstić information content (AvgIpc) is 3.15. The first-order chi connectivity index (χ1) is 12.6. The number of aromatic nitrogens is 3. The van der Waals surface area contributed by atoms with Crippen molar-refractivity contribution < 1.29 is 14.3 Å². The predicted molar refractivity (Wildman–Crippen MR) is 98.2 cm³/mol. The number of hydrogen-bond donors (Lipinski definition) is 1. The molecule has 0 spiro atoms. The van der Waals surface area contributed by atoms with Gasteiger partial charge in [-0.1, -0.05) is 23.7 Å². The van der Waals surface area contributed by atoms with Crippen LogP contribution in [0.25, 0.3) is 5.69 Å². The van der Waals surface area contributed by atoms with Crippen LogP contribution in [-0.4, -0.2) is 34.9 Å². The molecule has 2 aromatic carbocycles. The van der Waals surface area contributed by atoms with Crippen LogP contribution in [0.15, 0.2) is 49.1 Å². The first-order valence-corrected chi connectivity index (χ1v) is 8.14. The molecule has 0 unspecified atom stereocenters. The SMILES string of the molecule is COc1ccc(CC(=O)Nc2cccc(Cl)c2-n2cncn2)cc1OC. The molecular formula is C18H17ClN4O3. The summed E-state index contributed by atoms with van der Waals surface area (Å²) < 4.78 is 12.0. The van der Waals surface area contributed by atoms with Crippen LogP contribution in [0.4, 0.5) is 5.69 Å². The summed E-state index contributed by atoms with van der Waals surface area (Å²) in [4.78, 5) is 16.4. The Morgan fingerprint density at radius 2 is 2.00 bits per heavy atom. The summed E-state index contributed by atoms with van der Waals surface area (Å²) in [6.07, 6.45) is 3.09. The molecule has 0 aliphatic heterocycles. The van der Waals surface area contributed by atoms with Crippen LogP contribution < -0.4 is 14.8 Å². The van der Waals surface area contributed by atoms with Crippen LogP contribution in [0, 0.1) is 0 Å². The number of rotatable bonds is 6. The second-order valence-electron chi connectivity index (χ2n) is 5.39. The molecule has 3 rings (SSSR count). The molecule has 1 amide bonds. The van der Waals surface area contributed by atoms with Crippen molar-refractivity contribution in [2.24, 2.45) is 0 Å². The van der Waals surface area contributed by atoms with E-state index in [9.17, 15) is 4.79 Å². The number of methoxy groups -OCH3 is 2. The molecular weight excluding hydrogens is 356 g/mol. The van der Waals surface area contributed by atoms with E-state index in [4.69, 9.17) is 21.1 Å². The van der Waals surface area contributed by atoms with E-state index >= 15 is 0 Å². The quantitative estimate of drug-likeness (QED) is 0.719. The fourth-order valence-corrected chi connectivity index (χ4v) is 2.80. The molecule has 7 nitrogen and oxygen atoms in total. The minimum atomic E-state index is -0.194. The third-order valence-electron chi connectivity index (χ3n) is 3.72. The smallest absolute Gasteiger partial charge is 0.228 e. The van der Waals surface area contributed by atoms with Crippen molar-refractivity contribution in [3.63, 3.8) is 0 Å². The molecule has 0 aliphatic rings. The van der Waals surface area contributed by atoms with Crippen molar-refractivity contribution in [3.8, 4) is 17.2 Å². The van der Waals surface area contributed by atoms with Gasteiger partial charge in [-0.25, -0.2) is 9.67 Å². The van der Waals surface area contributed by atoms with Crippen molar-refractivity contribution in [2.75, 3.05) is 19.5 Å². The molecule has 0 fully saturated rings. The molecule has 0 radical (unpaired) electrons. The summed E-state index contributed by atoms with van der Waals surface area (Å²) in [6, 6.07) is 10.6. The third-order valence-corrected chi connectivity index (χ3v) is 4.03. The van der Waals surface area contributed by atoms with Crippen LogP contribution in [-0.2, 0) is 11.2 Å². The summed E-state index contributed by atoms with van der Waals surface area (Å²) >= 11 is 6.27. The molecule has 0 atom stereocenters. The molecule has 0 saturated carbocycles. The second-order valence-corrected chi connectivity index (χ2v) is 5.80. The van der Waals surface area contributed by atoms with E-state index in [1.165, 1.54) is 17.3 Å². The van der Waals surface area contributed by atoms with E-state index in [0.29, 0.717) is 27.9 Å². The summed E-state index contributed by atoms with van der Waals surface area (Å²) in [5, 5.41) is 7.41. The van der Waals surface area contributed by atoms with E-state index in [0.717, 1.165) is 5.56 Å². The van der Waals surface area contributed by atoms with Crippen LogP contribution in [0.2, 0.25) is 5.02 Å². The number of benzene rings is 2. The van der Waals surface area contributed by atoms with Crippen molar-refractivity contribution >= 4 is 23.2 Å². The number of carbonyl (C=O) groups is 1. The Kier molecular flexibility index (Phi) is 5.38. The van der Waals surface area contributed by atoms with Crippen LogP contribution in [0.1, 0.15) is 5.56 Å². The number of amides is 1. The normalized spacial score (nSPS) is 10.4. The number of para-hydroxylation sites is 1. The topological polar surface area (TPSA) is 78.3 Å². The Balaban J connectivity index is 1.80. The Morgan fingerprint density at radius 3 is 2.69 bits per heavy atom. The van der Waals surface area contributed by atoms with E-state index in [1.54, 1.807) is 44.6 Å². The lowest BCUT2D eigenvalue weighted by atomic mass is 10.1. The first kappa shape index (κ1) is 17.8. The monoisotopic (exact) mass is 372 g/mol. The number of carbonyl (C=O) groups excluding carboxylic acids is 1. The highest BCUT2D eigenvalue weighted by Gasteiger charge is 2.14. The zero-order valence-electron chi connectivity index (χ0n) is 14.3. The van der Waals surface area contributed by atoms with Gasteiger partial charge in [-0.15, -0.1) is 0 Å². The largest absolute Gasteiger partial charge is 0.493 e. The highest BCUT2D eigenvalue weighted by Crippen LogP contribution is 2.29. The van der Waals surface area contributed by atoms with Crippen molar-refractivity contribution in [3.05, 3.63) is 59.6 Å². The van der Waals surface area contributed by atoms with Crippen molar-refractivity contribution in [1.82, 2.24) is 14.8 Å². The fraction of sp³-hybridized carbons (Fsp3) is 0.167. The molecule has 0 aliphatic carbocycles. The van der Waals surface area contributed by atoms with Crippen LogP contribution in [0.3, 0.4) is 0 Å². The molecule has 3 aromatic rings. The third kappa shape index (κ3) is 3.78. The number of halogens is 1. The summed E-state index contributed by atoms with van der Waals surface area (Å²) in [7, 11) is 3.12. The molecule has 0 saturated heterocycles. The molecule has 1 N–H and O–H groups in total. The van der Waals surface area contributed by atoms with Gasteiger partial charge in [0.2, 0.25) is 5.91 Å². The van der Waals surface area contributed by atoms with Gasteiger partial charge < -0.3 is 14.8 Å². The van der Waals surface area contributed by atoms with Gasteiger partial charge >= 0.3 is 0 Å². The molecule has 134 valence electrons. The van der Waals surface area contributed by atoms with Gasteiger partial charge in [-0.2, -0.15) is 5.10 Å². The highest BCUT2D eigenvalue weighted by atomic mass is 35.5. The zero-order chi connectivity index (χ0) is 18.5. The summed E-state index contributed by atoms with van der Waals surface area (Å²) in [6.45, 7) is 0. The zero-order valence-corrected chi connectivity index (χ0v) is 15.0. The highest BCUT2D eigenvalue weighted by molar-refractivity contribution is 6.33. The van der Waals surface area contributed by atoms with Gasteiger partial charge in [0, 0.05) is 0 Å². The van der Waals surface area contributed by atoms with Gasteiger partial charge in [-0.3, -0.25) is 4.79 Å². The molecule has 1 aromatic heterocycles. The van der Waals surface area contributed by atoms with Crippen molar-refractivity contribution in [2.45, 2.75) is 6.42 Å². The minimum Gasteiger partial charge on any atom is -0.493 e. The Hall–Kier alpha value is -3.06. The standard InChI is InChI=1S/C18H17ClN4O3/c1-25-15-7-6-12(8-16(15)26-2)9-17(24)22-14-5-3-4-13(19)18(14)23-11-20-10-21-23/h3-8,10-11H,9H2,1-2H3,(H,22,24). The first-order valence-electron chi connectivity index (χ1n) is 7.76. The summed E-state index contributed by atoms with van der Waals surface area (Å²) in [5.41, 5.74) is 1.91. The molecule has 0 bridgehead atoms. The van der Waals surface area contributed by atoms with Gasteiger partial charge in [-0.05, 0) is 29.8 Å².